The number of amidine groups is 1. The molecule has 4 rings (SSSR count). The number of aliphatic carboxylic acids is 1. The average Bonchev–Trinajstić information content (AvgIpc) is 3.30. The quantitative estimate of drug-likeness (QED) is 0.377. The number of rotatable bonds is 6. The second kappa shape index (κ2) is 6.95. The minimum atomic E-state index is -1.33. The molecule has 0 aromatic heterocycles. The molecule has 4 unspecified atom stereocenters. The number of nitrogens with one attached hydrogen (secondary N) is 1. The van der Waals surface area contributed by atoms with E-state index in [0.29, 0.717) is 37.9 Å². The molecule has 0 aliphatic carbocycles. The second-order valence-electron chi connectivity index (χ2n) is 8.19. The van der Waals surface area contributed by atoms with E-state index in [9.17, 15) is 19.5 Å². The third-order valence-corrected chi connectivity index (χ3v) is 6.77. The molecule has 0 spiro atoms. The largest absolute Gasteiger partial charge is 0.480 e. The molecule has 8 nitrogen and oxygen atoms in total. The molecule has 3 aliphatic rings. The number of nitrogens with two attached hydrogens (primary N) is 1. The molecule has 4 atom stereocenters. The first kappa shape index (κ1) is 19.6. The molecule has 1 aromatic carbocycles. The minimum absolute atomic E-state index is 0.0558. The number of carbonyl (C=O) groups excluding carboxylic acids is 2. The highest BCUT2D eigenvalue weighted by atomic mass is 16.4. The number of hydrogen-bond acceptors (Lipinski definition) is 5. The summed E-state index contributed by atoms with van der Waals surface area (Å²) in [5.41, 5.74) is 5.56. The highest BCUT2D eigenvalue weighted by Crippen LogP contribution is 2.58. The van der Waals surface area contributed by atoms with Crippen LogP contribution in [0.5, 0.6) is 0 Å². The van der Waals surface area contributed by atoms with Crippen molar-refractivity contribution in [2.45, 2.75) is 44.2 Å². The number of imide groups is 1. The molecule has 3 heterocycles. The van der Waals surface area contributed by atoms with E-state index in [1.165, 1.54) is 4.90 Å². The minimum Gasteiger partial charge on any atom is -0.480 e. The summed E-state index contributed by atoms with van der Waals surface area (Å²) in [5, 5.41) is 17.8. The zero-order valence-electron chi connectivity index (χ0n) is 16.4. The van der Waals surface area contributed by atoms with Crippen LogP contribution in [0.3, 0.4) is 0 Å². The fourth-order valence-electron chi connectivity index (χ4n) is 5.50. The summed E-state index contributed by atoms with van der Waals surface area (Å²) >= 11 is 0. The van der Waals surface area contributed by atoms with Crippen molar-refractivity contribution in [3.63, 3.8) is 0 Å². The summed E-state index contributed by atoms with van der Waals surface area (Å²) in [6.45, 7) is 2.86. The van der Waals surface area contributed by atoms with Crippen molar-refractivity contribution in [1.82, 2.24) is 9.80 Å². The summed E-state index contributed by atoms with van der Waals surface area (Å²) in [4.78, 5) is 42.2. The molecule has 1 aromatic rings. The van der Waals surface area contributed by atoms with Crippen molar-refractivity contribution in [2.24, 2.45) is 17.6 Å². The van der Waals surface area contributed by atoms with E-state index in [4.69, 9.17) is 11.1 Å². The molecule has 3 saturated heterocycles. The van der Waals surface area contributed by atoms with E-state index < -0.39 is 29.4 Å². The van der Waals surface area contributed by atoms with Crippen LogP contribution >= 0.6 is 0 Å². The Labute approximate surface area is 169 Å². The van der Waals surface area contributed by atoms with Gasteiger partial charge in [-0.1, -0.05) is 37.6 Å². The van der Waals surface area contributed by atoms with Crippen molar-refractivity contribution in [1.29, 1.82) is 5.41 Å². The number of fused-ring (bicyclic) bond motifs is 3. The lowest BCUT2D eigenvalue weighted by atomic mass is 9.77. The topological polar surface area (TPSA) is 128 Å². The summed E-state index contributed by atoms with van der Waals surface area (Å²) in [5.74, 6) is -3.23. The molecule has 3 fully saturated rings. The lowest BCUT2D eigenvalue weighted by Gasteiger charge is -2.35. The monoisotopic (exact) mass is 398 g/mol. The molecular weight excluding hydrogens is 372 g/mol. The van der Waals surface area contributed by atoms with Crippen LogP contribution in [0.25, 0.3) is 0 Å². The molecule has 3 aliphatic heterocycles. The predicted octanol–water partition coefficient (Wildman–Crippen LogP) is 1.35. The van der Waals surface area contributed by atoms with Crippen LogP contribution in [0, 0.1) is 17.2 Å². The summed E-state index contributed by atoms with van der Waals surface area (Å²) in [7, 11) is 0. The van der Waals surface area contributed by atoms with Gasteiger partial charge >= 0.3 is 5.97 Å². The van der Waals surface area contributed by atoms with Gasteiger partial charge in [0.2, 0.25) is 11.8 Å². The van der Waals surface area contributed by atoms with Gasteiger partial charge in [-0.2, -0.15) is 0 Å². The first-order valence-electron chi connectivity index (χ1n) is 10.1. The number of unbranched alkanes of at least 4 members (excludes halogenated alkanes) is 1. The standard InChI is InChI=1S/C21H26N4O4/c1-2-3-10-24-18(26)14-15(19(24)27)21(20(28)29)9-4-11-25(21)16(14)12-5-7-13(8-6-12)17(22)23/h5-8,14-16H,2-4,9-11H2,1H3,(H3,22,23)(H,28,29). The van der Waals surface area contributed by atoms with Gasteiger partial charge in [0.25, 0.3) is 0 Å². The zero-order valence-corrected chi connectivity index (χ0v) is 16.4. The number of likely N-dealkylation sites (tertiary alicyclic amines) is 1. The number of benzene rings is 1. The van der Waals surface area contributed by atoms with Crippen molar-refractivity contribution in [3.05, 3.63) is 35.4 Å². The fraction of sp³-hybridized carbons (Fsp3) is 0.524. The van der Waals surface area contributed by atoms with Crippen molar-refractivity contribution in [2.75, 3.05) is 13.1 Å². The van der Waals surface area contributed by atoms with Gasteiger partial charge in [-0.3, -0.25) is 29.6 Å². The number of carboxylic acids is 1. The van der Waals surface area contributed by atoms with Crippen molar-refractivity contribution in [3.8, 4) is 0 Å². The Balaban J connectivity index is 1.81. The van der Waals surface area contributed by atoms with Crippen LogP contribution < -0.4 is 5.73 Å². The highest BCUT2D eigenvalue weighted by molar-refractivity contribution is 6.09. The van der Waals surface area contributed by atoms with E-state index >= 15 is 0 Å². The van der Waals surface area contributed by atoms with Crippen LogP contribution in [0.15, 0.2) is 24.3 Å². The van der Waals surface area contributed by atoms with Gasteiger partial charge < -0.3 is 10.8 Å². The number of carbonyl (C=O) groups is 3. The van der Waals surface area contributed by atoms with E-state index in [-0.39, 0.29) is 17.6 Å². The maximum absolute atomic E-state index is 13.3. The number of nitrogen functional groups attached to an aromatic ring is 1. The summed E-state index contributed by atoms with van der Waals surface area (Å²) in [6.07, 6.45) is 2.59. The summed E-state index contributed by atoms with van der Waals surface area (Å²) in [6, 6.07) is 6.53. The van der Waals surface area contributed by atoms with E-state index in [1.807, 2.05) is 11.8 Å². The second-order valence-corrected chi connectivity index (χ2v) is 8.19. The van der Waals surface area contributed by atoms with E-state index in [2.05, 4.69) is 0 Å². The van der Waals surface area contributed by atoms with Gasteiger partial charge in [0.05, 0.1) is 11.8 Å². The third kappa shape index (κ3) is 2.62. The van der Waals surface area contributed by atoms with E-state index in [1.54, 1.807) is 24.3 Å². The van der Waals surface area contributed by atoms with Crippen LogP contribution in [-0.4, -0.2) is 57.2 Å². The molecule has 0 saturated carbocycles. The van der Waals surface area contributed by atoms with Crippen LogP contribution in [0.4, 0.5) is 0 Å². The first-order chi connectivity index (χ1) is 13.8. The first-order valence-corrected chi connectivity index (χ1v) is 10.1. The lowest BCUT2D eigenvalue weighted by Crippen LogP contribution is -2.54. The number of nitrogens with zero attached hydrogens (tertiary/aromatic N) is 2. The van der Waals surface area contributed by atoms with Gasteiger partial charge in [0, 0.05) is 18.2 Å². The fourth-order valence-corrected chi connectivity index (χ4v) is 5.50. The Morgan fingerprint density at radius 1 is 1.28 bits per heavy atom. The van der Waals surface area contributed by atoms with Crippen molar-refractivity contribution >= 4 is 23.6 Å². The normalized spacial score (nSPS) is 31.2. The smallest absolute Gasteiger partial charge is 0.325 e. The molecule has 4 N–H and O–H groups in total. The third-order valence-electron chi connectivity index (χ3n) is 6.77. The maximum Gasteiger partial charge on any atom is 0.325 e. The number of hydrogen-bond donors (Lipinski definition) is 3. The van der Waals surface area contributed by atoms with Crippen LogP contribution in [0.1, 0.15) is 49.8 Å². The molecule has 0 bridgehead atoms. The van der Waals surface area contributed by atoms with Crippen molar-refractivity contribution < 1.29 is 19.5 Å². The maximum atomic E-state index is 13.3. The molecule has 154 valence electrons. The molecular formula is C21H26N4O4. The zero-order chi connectivity index (χ0) is 20.9. The van der Waals surface area contributed by atoms with Gasteiger partial charge in [-0.15, -0.1) is 0 Å². The van der Waals surface area contributed by atoms with E-state index in [0.717, 1.165) is 12.0 Å². The number of carboxylic acid groups (broad SMARTS) is 1. The Bertz CT molecular complexity index is 883. The van der Waals surface area contributed by atoms with Crippen LogP contribution in [0.2, 0.25) is 0 Å². The predicted molar refractivity (Wildman–Crippen MR) is 105 cm³/mol. The Kier molecular flexibility index (Phi) is 4.69. The Morgan fingerprint density at radius 3 is 2.55 bits per heavy atom. The van der Waals surface area contributed by atoms with Gasteiger partial charge in [0.15, 0.2) is 0 Å². The average molecular weight is 398 g/mol. The van der Waals surface area contributed by atoms with Gasteiger partial charge in [-0.05, 0) is 31.4 Å². The van der Waals surface area contributed by atoms with Crippen LogP contribution in [-0.2, 0) is 14.4 Å². The highest BCUT2D eigenvalue weighted by Gasteiger charge is 2.72. The lowest BCUT2D eigenvalue weighted by molar-refractivity contribution is -0.156. The SMILES string of the molecule is CCCCN1C(=O)C2C(c3ccc(C(=N)N)cc3)N3CCCC3(C(=O)O)C2C1=O. The molecule has 29 heavy (non-hydrogen) atoms. The summed E-state index contributed by atoms with van der Waals surface area (Å²) < 4.78 is 0. The molecule has 0 radical (unpaired) electrons. The van der Waals surface area contributed by atoms with Gasteiger partial charge in [0.1, 0.15) is 11.4 Å². The molecule has 2 amide bonds. The Morgan fingerprint density at radius 2 is 1.97 bits per heavy atom. The molecule has 8 heteroatoms. The Hall–Kier alpha value is -2.74. The number of amides is 2. The van der Waals surface area contributed by atoms with Gasteiger partial charge in [-0.25, -0.2) is 0 Å².